The van der Waals surface area contributed by atoms with Crippen molar-refractivity contribution in [2.75, 3.05) is 11.9 Å². The van der Waals surface area contributed by atoms with Gasteiger partial charge in [-0.05, 0) is 30.2 Å². The average Bonchev–Trinajstić information content (AvgIpc) is 2.69. The van der Waals surface area contributed by atoms with Gasteiger partial charge < -0.3 is 5.32 Å². The summed E-state index contributed by atoms with van der Waals surface area (Å²) in [6.45, 7) is 7.17. The molecule has 3 aromatic rings. The van der Waals surface area contributed by atoms with Gasteiger partial charge in [0.1, 0.15) is 0 Å². The van der Waals surface area contributed by atoms with Crippen LogP contribution in [-0.4, -0.2) is 11.5 Å². The fourth-order valence-corrected chi connectivity index (χ4v) is 2.50. The van der Waals surface area contributed by atoms with Crippen LogP contribution in [0.1, 0.15) is 27.2 Å². The van der Waals surface area contributed by atoms with Crippen LogP contribution in [0.25, 0.3) is 22.4 Å². The molecule has 0 saturated carbocycles. The van der Waals surface area contributed by atoms with E-state index < -0.39 is 0 Å². The Morgan fingerprint density at radius 2 is 1.50 bits per heavy atom. The second-order valence-electron chi connectivity index (χ2n) is 5.27. The predicted molar refractivity (Wildman–Crippen MR) is 105 cm³/mol. The van der Waals surface area contributed by atoms with Crippen molar-refractivity contribution in [3.05, 3.63) is 72.9 Å². The smallest absolute Gasteiger partial charge is 0.0780 e. The highest BCUT2D eigenvalue weighted by atomic mass is 14.9. The van der Waals surface area contributed by atoms with E-state index in [1.807, 2.05) is 32.2 Å². The maximum Gasteiger partial charge on any atom is 0.0780 e. The molecule has 0 saturated heterocycles. The highest BCUT2D eigenvalue weighted by Crippen LogP contribution is 2.30. The highest BCUT2D eigenvalue weighted by molar-refractivity contribution is 5.81. The Morgan fingerprint density at radius 1 is 0.792 bits per heavy atom. The molecule has 0 unspecified atom stereocenters. The van der Waals surface area contributed by atoms with E-state index in [2.05, 4.69) is 71.8 Å². The predicted octanol–water partition coefficient (Wildman–Crippen LogP) is 6.26. The average molecular weight is 318 g/mol. The summed E-state index contributed by atoms with van der Waals surface area (Å²) in [6.07, 6.45) is 2.98. The standard InChI is InChI=1S/C20H20N2.C2H6/c1-2-14-21-18-12-10-17(11-13-18)20-19(9-6-15-22-20)16-7-4-3-5-8-16;1-2/h3-13,15,21H,2,14H2,1H3;1-2H3. The van der Waals surface area contributed by atoms with Crippen LogP contribution in [0.15, 0.2) is 72.9 Å². The van der Waals surface area contributed by atoms with Crippen LogP contribution in [0.4, 0.5) is 5.69 Å². The third-order valence-corrected chi connectivity index (χ3v) is 3.63. The minimum atomic E-state index is 0.998. The fourth-order valence-electron chi connectivity index (χ4n) is 2.50. The molecule has 0 aliphatic carbocycles. The highest BCUT2D eigenvalue weighted by Gasteiger charge is 2.08. The van der Waals surface area contributed by atoms with Crippen LogP contribution in [0.3, 0.4) is 0 Å². The SMILES string of the molecule is CC.CCCNc1ccc(-c2ncccc2-c2ccccc2)cc1. The second-order valence-corrected chi connectivity index (χ2v) is 5.27. The van der Waals surface area contributed by atoms with Crippen molar-refractivity contribution in [1.82, 2.24) is 4.98 Å². The van der Waals surface area contributed by atoms with Gasteiger partial charge in [-0.2, -0.15) is 0 Å². The largest absolute Gasteiger partial charge is 0.385 e. The Bertz CT molecular complexity index is 718. The number of hydrogen-bond donors (Lipinski definition) is 1. The monoisotopic (exact) mass is 318 g/mol. The minimum absolute atomic E-state index is 0.998. The van der Waals surface area contributed by atoms with E-state index in [4.69, 9.17) is 0 Å². The zero-order valence-electron chi connectivity index (χ0n) is 14.8. The Balaban J connectivity index is 0.00000100. The summed E-state index contributed by atoms with van der Waals surface area (Å²) in [7, 11) is 0. The van der Waals surface area contributed by atoms with Crippen molar-refractivity contribution in [1.29, 1.82) is 0 Å². The summed E-state index contributed by atoms with van der Waals surface area (Å²) in [5.74, 6) is 0. The number of nitrogens with zero attached hydrogens (tertiary/aromatic N) is 1. The van der Waals surface area contributed by atoms with E-state index in [9.17, 15) is 0 Å². The summed E-state index contributed by atoms with van der Waals surface area (Å²) in [6, 6.07) is 23.0. The zero-order valence-corrected chi connectivity index (χ0v) is 14.8. The quantitative estimate of drug-likeness (QED) is 0.600. The van der Waals surface area contributed by atoms with E-state index in [1.54, 1.807) is 0 Å². The molecule has 0 atom stereocenters. The number of anilines is 1. The summed E-state index contributed by atoms with van der Waals surface area (Å²) in [5, 5.41) is 3.40. The van der Waals surface area contributed by atoms with Crippen molar-refractivity contribution in [2.24, 2.45) is 0 Å². The van der Waals surface area contributed by atoms with Crippen LogP contribution in [0.5, 0.6) is 0 Å². The molecular weight excluding hydrogens is 292 g/mol. The van der Waals surface area contributed by atoms with Gasteiger partial charge in [-0.1, -0.05) is 69.3 Å². The van der Waals surface area contributed by atoms with E-state index in [0.29, 0.717) is 0 Å². The lowest BCUT2D eigenvalue weighted by atomic mass is 9.99. The Morgan fingerprint density at radius 3 is 2.17 bits per heavy atom. The minimum Gasteiger partial charge on any atom is -0.385 e. The normalized spacial score (nSPS) is 9.79. The van der Waals surface area contributed by atoms with Gasteiger partial charge in [-0.15, -0.1) is 0 Å². The number of pyridine rings is 1. The molecule has 24 heavy (non-hydrogen) atoms. The Labute approximate surface area is 145 Å². The lowest BCUT2D eigenvalue weighted by molar-refractivity contribution is 0.980. The number of benzene rings is 2. The van der Waals surface area contributed by atoms with Crippen molar-refractivity contribution in [3.63, 3.8) is 0 Å². The van der Waals surface area contributed by atoms with E-state index in [-0.39, 0.29) is 0 Å². The molecule has 124 valence electrons. The van der Waals surface area contributed by atoms with Crippen LogP contribution in [0, 0.1) is 0 Å². The number of hydrogen-bond acceptors (Lipinski definition) is 2. The molecule has 0 spiro atoms. The van der Waals surface area contributed by atoms with Gasteiger partial charge >= 0.3 is 0 Å². The Kier molecular flexibility index (Phi) is 7.03. The van der Waals surface area contributed by atoms with Crippen molar-refractivity contribution in [2.45, 2.75) is 27.2 Å². The van der Waals surface area contributed by atoms with Crippen LogP contribution in [0.2, 0.25) is 0 Å². The van der Waals surface area contributed by atoms with Gasteiger partial charge in [0.2, 0.25) is 0 Å². The summed E-state index contributed by atoms with van der Waals surface area (Å²) in [4.78, 5) is 4.60. The van der Waals surface area contributed by atoms with E-state index in [0.717, 1.165) is 35.5 Å². The van der Waals surface area contributed by atoms with E-state index in [1.165, 1.54) is 5.56 Å². The molecule has 0 aliphatic heterocycles. The number of aromatic nitrogens is 1. The lowest BCUT2D eigenvalue weighted by Crippen LogP contribution is -1.99. The maximum atomic E-state index is 4.60. The van der Waals surface area contributed by atoms with Crippen LogP contribution in [-0.2, 0) is 0 Å². The molecular formula is C22H26N2. The van der Waals surface area contributed by atoms with Crippen LogP contribution >= 0.6 is 0 Å². The molecule has 1 N–H and O–H groups in total. The zero-order chi connectivity index (χ0) is 17.2. The van der Waals surface area contributed by atoms with Gasteiger partial charge in [0.15, 0.2) is 0 Å². The molecule has 2 nitrogen and oxygen atoms in total. The first-order valence-electron chi connectivity index (χ1n) is 8.73. The topological polar surface area (TPSA) is 24.9 Å². The van der Waals surface area contributed by atoms with Crippen molar-refractivity contribution in [3.8, 4) is 22.4 Å². The molecule has 2 aromatic carbocycles. The van der Waals surface area contributed by atoms with Crippen LogP contribution < -0.4 is 5.32 Å². The maximum absolute atomic E-state index is 4.60. The third kappa shape index (κ3) is 4.45. The summed E-state index contributed by atoms with van der Waals surface area (Å²) < 4.78 is 0. The second kappa shape index (κ2) is 9.51. The molecule has 1 heterocycles. The van der Waals surface area contributed by atoms with Gasteiger partial charge in [-0.3, -0.25) is 4.98 Å². The molecule has 3 rings (SSSR count). The summed E-state index contributed by atoms with van der Waals surface area (Å²) >= 11 is 0. The number of rotatable bonds is 5. The van der Waals surface area contributed by atoms with E-state index >= 15 is 0 Å². The first kappa shape index (κ1) is 17.7. The van der Waals surface area contributed by atoms with Crippen molar-refractivity contribution >= 4 is 5.69 Å². The Hall–Kier alpha value is -2.61. The molecule has 2 heteroatoms. The molecule has 0 bridgehead atoms. The van der Waals surface area contributed by atoms with Gasteiger partial charge in [-0.25, -0.2) is 0 Å². The fraction of sp³-hybridized carbons (Fsp3) is 0.227. The molecule has 0 aliphatic rings. The molecule has 0 fully saturated rings. The molecule has 1 aromatic heterocycles. The molecule has 0 radical (unpaired) electrons. The first-order valence-corrected chi connectivity index (χ1v) is 8.73. The summed E-state index contributed by atoms with van der Waals surface area (Å²) in [5.41, 5.74) is 5.68. The first-order chi connectivity index (χ1) is 11.9. The van der Waals surface area contributed by atoms with Crippen molar-refractivity contribution < 1.29 is 0 Å². The lowest BCUT2D eigenvalue weighted by Gasteiger charge is -2.10. The van der Waals surface area contributed by atoms with Gasteiger partial charge in [0.25, 0.3) is 0 Å². The number of nitrogens with one attached hydrogen (secondary N) is 1. The molecule has 0 amide bonds. The third-order valence-electron chi connectivity index (χ3n) is 3.63. The van der Waals surface area contributed by atoms with Gasteiger partial charge in [0.05, 0.1) is 5.69 Å². The van der Waals surface area contributed by atoms with Gasteiger partial charge in [0, 0.05) is 29.6 Å².